The van der Waals surface area contributed by atoms with Crippen LogP contribution in [0.5, 0.6) is 5.75 Å². The predicted molar refractivity (Wildman–Crippen MR) is 89.0 cm³/mol. The van der Waals surface area contributed by atoms with E-state index >= 15 is 0 Å². The van der Waals surface area contributed by atoms with E-state index < -0.39 is 0 Å². The molecule has 24 heavy (non-hydrogen) atoms. The minimum Gasteiger partial charge on any atom is -0.497 e. The largest absolute Gasteiger partial charge is 0.497 e. The van der Waals surface area contributed by atoms with Crippen molar-refractivity contribution >= 4 is 17.5 Å². The molecule has 0 bridgehead atoms. The quantitative estimate of drug-likeness (QED) is 0.761. The molecule has 1 atom stereocenters. The number of β-amino-alcohol motifs (C(OH)–C–C–N with tert-alkyl or cyclic N) is 1. The summed E-state index contributed by atoms with van der Waals surface area (Å²) >= 11 is 0. The van der Waals surface area contributed by atoms with Gasteiger partial charge in [0.1, 0.15) is 5.75 Å². The normalized spacial score (nSPS) is 23.1. The average Bonchev–Trinajstić information content (AvgIpc) is 2.90. The molecule has 2 amide bonds. The van der Waals surface area contributed by atoms with Crippen LogP contribution in [0, 0.1) is 0 Å². The van der Waals surface area contributed by atoms with E-state index in [1.165, 1.54) is 4.90 Å². The van der Waals surface area contributed by atoms with Crippen molar-refractivity contribution in [3.8, 4) is 5.75 Å². The molecule has 3 rings (SSSR count). The number of hydrogen-bond donors (Lipinski definition) is 1. The van der Waals surface area contributed by atoms with E-state index in [1.807, 2.05) is 0 Å². The molecule has 1 aromatic carbocycles. The number of amides is 2. The predicted octanol–water partition coefficient (Wildman–Crippen LogP) is -0.0630. The Morgan fingerprint density at radius 3 is 2.38 bits per heavy atom. The van der Waals surface area contributed by atoms with Crippen LogP contribution in [-0.2, 0) is 9.59 Å². The minimum atomic E-state index is -0.379. The Morgan fingerprint density at radius 2 is 1.79 bits per heavy atom. The van der Waals surface area contributed by atoms with Gasteiger partial charge in [-0.3, -0.25) is 19.4 Å². The third-order valence-corrected chi connectivity index (χ3v) is 4.72. The van der Waals surface area contributed by atoms with Gasteiger partial charge in [0.25, 0.3) is 5.91 Å². The maximum Gasteiger partial charge on any atom is 0.251 e. The van der Waals surface area contributed by atoms with E-state index in [2.05, 4.69) is 9.80 Å². The molecule has 1 aromatic rings. The van der Waals surface area contributed by atoms with Gasteiger partial charge in [0.05, 0.1) is 31.9 Å². The summed E-state index contributed by atoms with van der Waals surface area (Å²) in [5.74, 6) is 0.378. The monoisotopic (exact) mass is 333 g/mol. The Balaban J connectivity index is 1.68. The third kappa shape index (κ3) is 3.28. The molecule has 2 heterocycles. The first-order valence-electron chi connectivity index (χ1n) is 8.22. The Kier molecular flexibility index (Phi) is 5.13. The van der Waals surface area contributed by atoms with Crippen molar-refractivity contribution in [2.45, 2.75) is 12.5 Å². The van der Waals surface area contributed by atoms with E-state index in [0.717, 1.165) is 26.2 Å². The van der Waals surface area contributed by atoms with Crippen LogP contribution in [0.25, 0.3) is 0 Å². The summed E-state index contributed by atoms with van der Waals surface area (Å²) in [4.78, 5) is 30.6. The van der Waals surface area contributed by atoms with Crippen molar-refractivity contribution in [3.05, 3.63) is 24.3 Å². The number of hydrogen-bond acceptors (Lipinski definition) is 6. The Labute approximate surface area is 141 Å². The highest BCUT2D eigenvalue weighted by Gasteiger charge is 2.43. The van der Waals surface area contributed by atoms with Crippen molar-refractivity contribution in [1.29, 1.82) is 0 Å². The van der Waals surface area contributed by atoms with Crippen LogP contribution < -0.4 is 9.64 Å². The molecular weight excluding hydrogens is 310 g/mol. The number of anilines is 1. The first kappa shape index (κ1) is 16.9. The lowest BCUT2D eigenvalue weighted by Crippen LogP contribution is -2.52. The number of ether oxygens (including phenoxy) is 1. The Morgan fingerprint density at radius 1 is 1.12 bits per heavy atom. The molecule has 0 aliphatic carbocycles. The lowest BCUT2D eigenvalue weighted by molar-refractivity contribution is -0.123. The summed E-state index contributed by atoms with van der Waals surface area (Å²) < 4.78 is 5.11. The zero-order chi connectivity index (χ0) is 17.1. The van der Waals surface area contributed by atoms with E-state index in [9.17, 15) is 9.59 Å². The zero-order valence-electron chi connectivity index (χ0n) is 13.9. The van der Waals surface area contributed by atoms with Gasteiger partial charge in [-0.05, 0) is 24.3 Å². The highest BCUT2D eigenvalue weighted by atomic mass is 16.5. The Hall–Kier alpha value is -1.96. The summed E-state index contributed by atoms with van der Waals surface area (Å²) in [5.41, 5.74) is 0.590. The fourth-order valence-electron chi connectivity index (χ4n) is 3.34. The smallest absolute Gasteiger partial charge is 0.251 e. The maximum absolute atomic E-state index is 12.8. The van der Waals surface area contributed by atoms with Gasteiger partial charge in [0.2, 0.25) is 5.91 Å². The molecule has 2 aliphatic rings. The minimum absolute atomic E-state index is 0.145. The number of carbonyl (C=O) groups is 2. The third-order valence-electron chi connectivity index (χ3n) is 4.72. The molecule has 130 valence electrons. The van der Waals surface area contributed by atoms with Crippen LogP contribution in [-0.4, -0.2) is 79.2 Å². The summed E-state index contributed by atoms with van der Waals surface area (Å²) in [6, 6.07) is 6.58. The van der Waals surface area contributed by atoms with Crippen molar-refractivity contribution in [2.75, 3.05) is 51.3 Å². The molecule has 1 unspecified atom stereocenters. The van der Waals surface area contributed by atoms with Crippen LogP contribution in [0.3, 0.4) is 0 Å². The number of aliphatic hydroxyl groups is 1. The molecule has 0 spiro atoms. The lowest BCUT2D eigenvalue weighted by atomic mass is 10.1. The molecule has 0 saturated carbocycles. The molecule has 2 saturated heterocycles. The van der Waals surface area contributed by atoms with Gasteiger partial charge < -0.3 is 9.84 Å². The first-order chi connectivity index (χ1) is 11.6. The van der Waals surface area contributed by atoms with Gasteiger partial charge in [-0.1, -0.05) is 0 Å². The maximum atomic E-state index is 12.8. The second-order valence-electron chi connectivity index (χ2n) is 6.09. The summed E-state index contributed by atoms with van der Waals surface area (Å²) in [6.45, 7) is 3.89. The molecule has 7 nitrogen and oxygen atoms in total. The summed E-state index contributed by atoms with van der Waals surface area (Å²) in [6.07, 6.45) is 0.227. The van der Waals surface area contributed by atoms with Crippen molar-refractivity contribution in [2.24, 2.45) is 0 Å². The van der Waals surface area contributed by atoms with Crippen molar-refractivity contribution in [3.63, 3.8) is 0 Å². The van der Waals surface area contributed by atoms with Gasteiger partial charge in [-0.2, -0.15) is 0 Å². The number of benzene rings is 1. The number of nitrogens with zero attached hydrogens (tertiary/aromatic N) is 3. The molecule has 2 aliphatic heterocycles. The number of rotatable bonds is 5. The number of methoxy groups -OCH3 is 1. The van der Waals surface area contributed by atoms with E-state index in [-0.39, 0.29) is 30.9 Å². The summed E-state index contributed by atoms with van der Waals surface area (Å²) in [5, 5.41) is 9.00. The second kappa shape index (κ2) is 7.29. The van der Waals surface area contributed by atoms with E-state index in [0.29, 0.717) is 18.0 Å². The number of piperazine rings is 1. The lowest BCUT2D eigenvalue weighted by Gasteiger charge is -2.36. The van der Waals surface area contributed by atoms with Crippen LogP contribution in [0.4, 0.5) is 5.69 Å². The highest BCUT2D eigenvalue weighted by Crippen LogP contribution is 2.27. The molecule has 1 N–H and O–H groups in total. The van der Waals surface area contributed by atoms with Crippen molar-refractivity contribution < 1.29 is 19.4 Å². The fourth-order valence-corrected chi connectivity index (χ4v) is 3.34. The van der Waals surface area contributed by atoms with Gasteiger partial charge in [-0.25, -0.2) is 4.90 Å². The van der Waals surface area contributed by atoms with Gasteiger partial charge in [0, 0.05) is 32.7 Å². The van der Waals surface area contributed by atoms with E-state index in [4.69, 9.17) is 9.84 Å². The number of carbonyl (C=O) groups excluding carboxylic acids is 2. The van der Waals surface area contributed by atoms with Gasteiger partial charge >= 0.3 is 0 Å². The summed E-state index contributed by atoms with van der Waals surface area (Å²) in [7, 11) is 1.58. The molecule has 0 aromatic heterocycles. The van der Waals surface area contributed by atoms with Crippen molar-refractivity contribution in [1.82, 2.24) is 9.80 Å². The van der Waals surface area contributed by atoms with Crippen LogP contribution in [0.1, 0.15) is 6.42 Å². The first-order valence-corrected chi connectivity index (χ1v) is 8.22. The van der Waals surface area contributed by atoms with Gasteiger partial charge in [0.15, 0.2) is 0 Å². The van der Waals surface area contributed by atoms with Crippen LogP contribution in [0.15, 0.2) is 24.3 Å². The number of aliphatic hydroxyl groups excluding tert-OH is 1. The molecule has 2 fully saturated rings. The standard InChI is InChI=1S/C17H23N3O4/c1-24-14-4-2-13(3-5-14)20-16(22)12-15(17(20)23)19-8-6-18(7-9-19)10-11-21/h2-5,15,21H,6-12H2,1H3. The fraction of sp³-hybridized carbons (Fsp3) is 0.529. The SMILES string of the molecule is COc1ccc(N2C(=O)CC(N3CCN(CCO)CC3)C2=O)cc1. The second-order valence-corrected chi connectivity index (χ2v) is 6.09. The topological polar surface area (TPSA) is 73.3 Å². The van der Waals surface area contributed by atoms with Crippen LogP contribution >= 0.6 is 0 Å². The molecular formula is C17H23N3O4. The van der Waals surface area contributed by atoms with Gasteiger partial charge in [-0.15, -0.1) is 0 Å². The van der Waals surface area contributed by atoms with Crippen LogP contribution in [0.2, 0.25) is 0 Å². The number of imide groups is 1. The highest BCUT2D eigenvalue weighted by molar-refractivity contribution is 6.22. The molecule has 0 radical (unpaired) electrons. The Bertz CT molecular complexity index is 596. The van der Waals surface area contributed by atoms with E-state index in [1.54, 1.807) is 31.4 Å². The zero-order valence-corrected chi connectivity index (χ0v) is 13.9. The average molecular weight is 333 g/mol. The molecule has 7 heteroatoms.